The fraction of sp³-hybridized carbons (Fsp3) is 0.683. The first kappa shape index (κ1) is 75.8. The number of imide groups is 1. The first-order chi connectivity index (χ1) is 41.9. The number of hydrogen-bond acceptors (Lipinski definition) is 14. The van der Waals surface area contributed by atoms with Gasteiger partial charge in [0.05, 0.1) is 36.6 Å². The largest absolute Gasteiger partial charge is 0.480 e. The van der Waals surface area contributed by atoms with Crippen LogP contribution >= 0.6 is 0 Å². The summed E-state index contributed by atoms with van der Waals surface area (Å²) in [6.45, 7) is 18.0. The first-order valence-corrected chi connectivity index (χ1v) is 31.1. The molecule has 12 amide bonds. The van der Waals surface area contributed by atoms with Gasteiger partial charge in [0.1, 0.15) is 36.3 Å². The molecule has 0 saturated carbocycles. The molecule has 9 N–H and O–H groups in total. The molecule has 3 rings (SSSR count). The maximum Gasteiger partial charge on any atom is 0.326 e. The lowest BCUT2D eigenvalue weighted by molar-refractivity contribution is -0.149. The molecule has 0 radical (unpaired) electrons. The smallest absolute Gasteiger partial charge is 0.326 e. The molecule has 26 heteroatoms. The average Bonchev–Trinajstić information content (AvgIpc) is 3.08. The molecule has 0 bridgehead atoms. The molecule has 1 aromatic carbocycles. The topological polar surface area (TPSA) is 355 Å². The van der Waals surface area contributed by atoms with Gasteiger partial charge in [0.2, 0.25) is 47.3 Å². The number of methoxy groups -OCH3 is 2. The number of unbranched alkanes of at least 4 members (excludes halogenated alkanes) is 2. The molecular formula is C63H101N11O15. The SMILES string of the molecule is CC[C@H](C)[C@@H]([C@@H](CC(=O)N1CCC[C@H]1[C@H](OC)[C@@H](C)C(=O)N[C@@H](Cc1ccccc1)C(=O)O)OC)N(C)C(=O)[C@@H](NC(=O)[C@H](C(C)C)N(C)C(=O)[C@@H](C)NC(=O)[C@H](CCCNC(N)=O)NC(=O)[C@@H](NC(=O)CCCCCN1C(=O)C=CC1=O)C(C)C)C(C)C. The van der Waals surface area contributed by atoms with Crippen LogP contribution in [0.4, 0.5) is 4.79 Å². The molecule has 89 heavy (non-hydrogen) atoms. The van der Waals surface area contributed by atoms with Crippen LogP contribution in [0.1, 0.15) is 139 Å². The van der Waals surface area contributed by atoms with Gasteiger partial charge in [-0.25, -0.2) is 9.59 Å². The molecule has 1 fully saturated rings. The summed E-state index contributed by atoms with van der Waals surface area (Å²) in [4.78, 5) is 166. The fourth-order valence-electron chi connectivity index (χ4n) is 11.6. The Hall–Kier alpha value is -7.48. The Morgan fingerprint density at radius 2 is 1.31 bits per heavy atom. The normalized spacial score (nSPS) is 17.7. The predicted molar refractivity (Wildman–Crippen MR) is 331 cm³/mol. The zero-order valence-corrected chi connectivity index (χ0v) is 54.6. The van der Waals surface area contributed by atoms with Crippen molar-refractivity contribution in [3.8, 4) is 0 Å². The third-order valence-electron chi connectivity index (χ3n) is 16.8. The van der Waals surface area contributed by atoms with Crippen molar-refractivity contribution in [3.63, 3.8) is 0 Å². The number of carbonyl (C=O) groups excluding carboxylic acids is 11. The van der Waals surface area contributed by atoms with Crippen molar-refractivity contribution in [2.24, 2.45) is 35.3 Å². The highest BCUT2D eigenvalue weighted by Gasteiger charge is 2.44. The monoisotopic (exact) mass is 1250 g/mol. The number of benzene rings is 1. The van der Waals surface area contributed by atoms with Crippen LogP contribution in [-0.2, 0) is 68.6 Å². The Bertz CT molecular complexity index is 2600. The Balaban J connectivity index is 1.75. The Morgan fingerprint density at radius 1 is 0.697 bits per heavy atom. The lowest BCUT2D eigenvalue weighted by atomic mass is 9.89. The Morgan fingerprint density at radius 3 is 1.87 bits per heavy atom. The number of carbonyl (C=O) groups is 12. The minimum atomic E-state index is -1.27. The molecular weight excluding hydrogens is 1150 g/mol. The second-order valence-corrected chi connectivity index (χ2v) is 24.5. The average molecular weight is 1250 g/mol. The van der Waals surface area contributed by atoms with Crippen molar-refractivity contribution in [1.29, 1.82) is 0 Å². The summed E-state index contributed by atoms with van der Waals surface area (Å²) in [6.07, 6.45) is 4.01. The van der Waals surface area contributed by atoms with Crippen LogP contribution in [0.15, 0.2) is 42.5 Å². The van der Waals surface area contributed by atoms with E-state index in [0.29, 0.717) is 45.1 Å². The predicted octanol–water partition coefficient (Wildman–Crippen LogP) is 2.41. The summed E-state index contributed by atoms with van der Waals surface area (Å²) in [6, 6.07) is -0.177. The van der Waals surface area contributed by atoms with Gasteiger partial charge in [-0.15, -0.1) is 0 Å². The van der Waals surface area contributed by atoms with Crippen LogP contribution in [0, 0.1) is 29.6 Å². The minimum Gasteiger partial charge on any atom is -0.480 e. The van der Waals surface area contributed by atoms with Gasteiger partial charge < -0.3 is 66.9 Å². The second kappa shape index (κ2) is 36.9. The number of nitrogens with zero attached hydrogens (tertiary/aromatic N) is 4. The molecule has 0 spiro atoms. The summed E-state index contributed by atoms with van der Waals surface area (Å²) in [5.74, 6) is -9.00. The standard InChI is InChI=1S/C63H101N11O15/c1-15-39(8)54(46(88-13)35-50(78)73-33-23-27-45(73)55(89-14)40(9)56(79)68-44(62(85)86)34-42-24-18-16-19-25-42)72(12)61(84)52(37(4)5)70-59(82)53(38(6)7)71(11)60(83)41(10)66-57(80)43(26-22-31-65-63(64)87)67-58(81)51(36(2)3)69-47(75)28-20-17-21-32-74-48(76)29-30-49(74)77/h16,18-19,24-25,29-30,36-41,43-46,51-55H,15,17,20-23,26-28,31-35H2,1-14H3,(H,66,80)(H,67,81)(H,68,79)(H,69,75)(H,70,82)(H,85,86)(H3,64,65,87)/t39-,40+,41+,43-,44-,45-,46+,51-,52-,53-,54-,55+/m0/s1. The van der Waals surface area contributed by atoms with E-state index in [9.17, 15) is 62.6 Å². The van der Waals surface area contributed by atoms with Gasteiger partial charge in [0.15, 0.2) is 0 Å². The highest BCUT2D eigenvalue weighted by atomic mass is 16.5. The molecule has 1 saturated heterocycles. The zero-order valence-electron chi connectivity index (χ0n) is 54.6. The van der Waals surface area contributed by atoms with Crippen LogP contribution in [-0.4, -0.2) is 204 Å². The van der Waals surface area contributed by atoms with Gasteiger partial charge in [-0.2, -0.15) is 0 Å². The highest BCUT2D eigenvalue weighted by molar-refractivity contribution is 6.12. The molecule has 1 aromatic rings. The van der Waals surface area contributed by atoms with Gasteiger partial charge in [-0.1, -0.05) is 105 Å². The van der Waals surface area contributed by atoms with Crippen molar-refractivity contribution in [3.05, 3.63) is 48.0 Å². The van der Waals surface area contributed by atoms with Crippen molar-refractivity contribution < 1.29 is 72.1 Å². The maximum atomic E-state index is 14.9. The highest BCUT2D eigenvalue weighted by Crippen LogP contribution is 2.30. The van der Waals surface area contributed by atoms with Crippen LogP contribution in [0.3, 0.4) is 0 Å². The van der Waals surface area contributed by atoms with E-state index >= 15 is 0 Å². The number of nitrogens with two attached hydrogens (primary N) is 1. The summed E-state index contributed by atoms with van der Waals surface area (Å²) in [5.41, 5.74) is 5.99. The number of rotatable bonds is 38. The fourth-order valence-corrected chi connectivity index (χ4v) is 11.6. The van der Waals surface area contributed by atoms with Crippen molar-refractivity contribution in [2.45, 2.75) is 200 Å². The molecule has 26 nitrogen and oxygen atoms in total. The van der Waals surface area contributed by atoms with E-state index in [2.05, 4.69) is 31.9 Å². The molecule has 12 atom stereocenters. The summed E-state index contributed by atoms with van der Waals surface area (Å²) >= 11 is 0. The van der Waals surface area contributed by atoms with Gasteiger partial charge in [-0.05, 0) is 74.7 Å². The number of hydrogen-bond donors (Lipinski definition) is 8. The number of primary amides is 1. The van der Waals surface area contributed by atoms with Gasteiger partial charge in [0, 0.05) is 72.9 Å². The van der Waals surface area contributed by atoms with Crippen molar-refractivity contribution in [2.75, 3.05) is 47.9 Å². The molecule has 0 unspecified atom stereocenters. The number of ether oxygens (including phenoxy) is 2. The zero-order chi connectivity index (χ0) is 67.0. The van der Waals surface area contributed by atoms with Crippen LogP contribution in [0.5, 0.6) is 0 Å². The molecule has 2 aliphatic heterocycles. The number of likely N-dealkylation sites (N-methyl/N-ethyl adjacent to an activating group) is 2. The molecule has 2 aliphatic rings. The van der Waals surface area contributed by atoms with E-state index in [1.807, 2.05) is 19.9 Å². The third-order valence-corrected chi connectivity index (χ3v) is 16.8. The van der Waals surface area contributed by atoms with Crippen LogP contribution in [0.25, 0.3) is 0 Å². The lowest BCUT2D eigenvalue weighted by Crippen LogP contribution is -2.61. The number of amides is 12. The molecule has 0 aromatic heterocycles. The Labute approximate surface area is 524 Å². The molecule has 2 heterocycles. The van der Waals surface area contributed by atoms with Crippen molar-refractivity contribution >= 4 is 71.1 Å². The lowest BCUT2D eigenvalue weighted by Gasteiger charge is -2.41. The number of carboxylic acids is 1. The first-order valence-electron chi connectivity index (χ1n) is 31.1. The molecule has 0 aliphatic carbocycles. The second-order valence-electron chi connectivity index (χ2n) is 24.5. The number of carboxylic acid groups (broad SMARTS) is 1. The molecule has 498 valence electrons. The Kier molecular flexibility index (Phi) is 31.4. The van der Waals surface area contributed by atoms with E-state index in [-0.39, 0.29) is 68.8 Å². The van der Waals surface area contributed by atoms with E-state index in [4.69, 9.17) is 15.2 Å². The summed E-state index contributed by atoms with van der Waals surface area (Å²) in [7, 11) is 5.91. The number of likely N-dealkylation sites (tertiary alicyclic amines) is 1. The quantitative estimate of drug-likeness (QED) is 0.0348. The van der Waals surface area contributed by atoms with E-state index in [1.165, 1.54) is 50.1 Å². The summed E-state index contributed by atoms with van der Waals surface area (Å²) < 4.78 is 12.0. The summed E-state index contributed by atoms with van der Waals surface area (Å²) in [5, 5.41) is 26.1. The third kappa shape index (κ3) is 22.5. The maximum absolute atomic E-state index is 14.9. The minimum absolute atomic E-state index is 0.0236. The number of urea groups is 1. The van der Waals surface area contributed by atoms with Crippen LogP contribution < -0.4 is 37.6 Å². The van der Waals surface area contributed by atoms with E-state index in [1.54, 1.807) is 84.7 Å². The number of aliphatic carboxylic acids is 1. The number of nitrogens with one attached hydrogen (secondary N) is 6. The van der Waals surface area contributed by atoms with E-state index < -0.39 is 138 Å². The van der Waals surface area contributed by atoms with E-state index in [0.717, 1.165) is 10.5 Å². The van der Waals surface area contributed by atoms with Crippen molar-refractivity contribution in [1.82, 2.24) is 51.5 Å². The van der Waals surface area contributed by atoms with Gasteiger partial charge >= 0.3 is 12.0 Å². The van der Waals surface area contributed by atoms with Crippen LogP contribution in [0.2, 0.25) is 0 Å². The van der Waals surface area contributed by atoms with Gasteiger partial charge in [0.25, 0.3) is 11.8 Å². The van der Waals surface area contributed by atoms with Gasteiger partial charge in [-0.3, -0.25) is 52.8 Å².